The first-order valence-electron chi connectivity index (χ1n) is 4.70. The highest BCUT2D eigenvalue weighted by molar-refractivity contribution is 6.30. The smallest absolute Gasteiger partial charge is 0.120 e. The van der Waals surface area contributed by atoms with E-state index in [1.54, 1.807) is 12.1 Å². The summed E-state index contributed by atoms with van der Waals surface area (Å²) in [5, 5.41) is 16.9. The third kappa shape index (κ3) is 2.00. The van der Waals surface area contributed by atoms with Gasteiger partial charge in [0.2, 0.25) is 0 Å². The summed E-state index contributed by atoms with van der Waals surface area (Å²) in [4.78, 5) is 0. The Kier molecular flexibility index (Phi) is 2.91. The lowest BCUT2D eigenvalue weighted by Crippen LogP contribution is -2.42. The largest absolute Gasteiger partial charge is 0.508 e. The molecule has 1 saturated heterocycles. The van der Waals surface area contributed by atoms with Gasteiger partial charge in [-0.25, -0.2) is 0 Å². The number of rotatable bonds is 1. The van der Waals surface area contributed by atoms with Gasteiger partial charge in [-0.05, 0) is 18.2 Å². The van der Waals surface area contributed by atoms with E-state index < -0.39 is 0 Å². The Balaban J connectivity index is 2.24. The normalized spacial score (nSPS) is 22.2. The summed E-state index contributed by atoms with van der Waals surface area (Å²) < 4.78 is 0. The van der Waals surface area contributed by atoms with E-state index in [2.05, 4.69) is 10.6 Å². The maximum Gasteiger partial charge on any atom is 0.120 e. The zero-order chi connectivity index (χ0) is 9.97. The minimum absolute atomic E-state index is 0.155. The van der Waals surface area contributed by atoms with Crippen LogP contribution in [0.1, 0.15) is 11.6 Å². The van der Waals surface area contributed by atoms with Gasteiger partial charge in [-0.15, -0.1) is 0 Å². The van der Waals surface area contributed by atoms with Crippen molar-refractivity contribution >= 4 is 11.6 Å². The first-order valence-corrected chi connectivity index (χ1v) is 5.07. The second-order valence-electron chi connectivity index (χ2n) is 3.41. The quantitative estimate of drug-likeness (QED) is 0.657. The molecule has 1 aliphatic rings. The number of hydrogen-bond acceptors (Lipinski definition) is 3. The predicted octanol–water partition coefficient (Wildman–Crippen LogP) is 1.28. The molecule has 1 atom stereocenters. The fourth-order valence-electron chi connectivity index (χ4n) is 1.68. The molecular formula is C10H13ClN2O. The Hall–Kier alpha value is -0.770. The molecule has 1 aromatic carbocycles. The molecule has 3 N–H and O–H groups in total. The minimum atomic E-state index is 0.155. The molecule has 0 radical (unpaired) electrons. The average Bonchev–Trinajstić information content (AvgIpc) is 2.23. The first kappa shape index (κ1) is 9.77. The molecular weight excluding hydrogens is 200 g/mol. The molecule has 4 heteroatoms. The van der Waals surface area contributed by atoms with Crippen LogP contribution < -0.4 is 10.6 Å². The van der Waals surface area contributed by atoms with Crippen LogP contribution in [0.4, 0.5) is 0 Å². The van der Waals surface area contributed by atoms with Crippen LogP contribution in [0.15, 0.2) is 18.2 Å². The van der Waals surface area contributed by atoms with Gasteiger partial charge in [0.15, 0.2) is 0 Å². The fourth-order valence-corrected chi connectivity index (χ4v) is 1.86. The molecule has 1 heterocycles. The lowest BCUT2D eigenvalue weighted by Gasteiger charge is -2.25. The zero-order valence-electron chi connectivity index (χ0n) is 7.76. The molecule has 0 aromatic heterocycles. The highest BCUT2D eigenvalue weighted by atomic mass is 35.5. The van der Waals surface area contributed by atoms with Crippen molar-refractivity contribution in [2.45, 2.75) is 6.04 Å². The Morgan fingerprint density at radius 3 is 2.93 bits per heavy atom. The van der Waals surface area contributed by atoms with Gasteiger partial charge in [0, 0.05) is 36.3 Å². The van der Waals surface area contributed by atoms with Crippen molar-refractivity contribution in [3.63, 3.8) is 0 Å². The van der Waals surface area contributed by atoms with Gasteiger partial charge in [0.25, 0.3) is 0 Å². The van der Waals surface area contributed by atoms with Gasteiger partial charge < -0.3 is 15.7 Å². The van der Waals surface area contributed by atoms with Crippen LogP contribution in [0.2, 0.25) is 5.02 Å². The Morgan fingerprint density at radius 1 is 1.36 bits per heavy atom. The summed E-state index contributed by atoms with van der Waals surface area (Å²) in [5.74, 6) is 0.301. The summed E-state index contributed by atoms with van der Waals surface area (Å²) in [6.07, 6.45) is 0. The maximum absolute atomic E-state index is 9.66. The van der Waals surface area contributed by atoms with Crippen molar-refractivity contribution in [1.29, 1.82) is 0 Å². The number of aromatic hydroxyl groups is 1. The van der Waals surface area contributed by atoms with Crippen molar-refractivity contribution in [2.75, 3.05) is 19.6 Å². The molecule has 1 fully saturated rings. The van der Waals surface area contributed by atoms with Crippen LogP contribution in [0, 0.1) is 0 Å². The highest BCUT2D eigenvalue weighted by Crippen LogP contribution is 2.27. The summed E-state index contributed by atoms with van der Waals surface area (Å²) >= 11 is 5.88. The van der Waals surface area contributed by atoms with E-state index in [9.17, 15) is 5.11 Å². The van der Waals surface area contributed by atoms with Crippen molar-refractivity contribution in [1.82, 2.24) is 10.6 Å². The fraction of sp³-hybridized carbons (Fsp3) is 0.400. The van der Waals surface area contributed by atoms with Gasteiger partial charge in [-0.3, -0.25) is 0 Å². The van der Waals surface area contributed by atoms with Crippen LogP contribution in [-0.2, 0) is 0 Å². The van der Waals surface area contributed by atoms with Crippen LogP contribution in [0.25, 0.3) is 0 Å². The molecule has 0 spiro atoms. The summed E-state index contributed by atoms with van der Waals surface area (Å²) in [5.41, 5.74) is 0.865. The van der Waals surface area contributed by atoms with E-state index in [1.165, 1.54) is 0 Å². The van der Waals surface area contributed by atoms with E-state index in [0.717, 1.165) is 25.2 Å². The van der Waals surface area contributed by atoms with Crippen molar-refractivity contribution in [2.24, 2.45) is 0 Å². The molecule has 14 heavy (non-hydrogen) atoms. The third-order valence-electron chi connectivity index (χ3n) is 2.41. The van der Waals surface area contributed by atoms with E-state index >= 15 is 0 Å². The SMILES string of the molecule is Oc1ccc(Cl)cc1[C@H]1CNCCN1. The number of halogens is 1. The number of benzene rings is 1. The van der Waals surface area contributed by atoms with Crippen LogP contribution >= 0.6 is 11.6 Å². The molecule has 0 aliphatic carbocycles. The average molecular weight is 213 g/mol. The first-order chi connectivity index (χ1) is 6.77. The Morgan fingerprint density at radius 2 is 2.21 bits per heavy atom. The lowest BCUT2D eigenvalue weighted by atomic mass is 10.0. The number of hydrogen-bond donors (Lipinski definition) is 3. The molecule has 0 saturated carbocycles. The number of phenolic OH excluding ortho intramolecular Hbond substituents is 1. The van der Waals surface area contributed by atoms with Gasteiger partial charge in [0.05, 0.1) is 0 Å². The molecule has 2 rings (SSSR count). The van der Waals surface area contributed by atoms with Crippen molar-refractivity contribution in [3.05, 3.63) is 28.8 Å². The zero-order valence-corrected chi connectivity index (χ0v) is 8.51. The van der Waals surface area contributed by atoms with E-state index in [-0.39, 0.29) is 6.04 Å². The van der Waals surface area contributed by atoms with Crippen molar-refractivity contribution < 1.29 is 5.11 Å². The minimum Gasteiger partial charge on any atom is -0.508 e. The standard InChI is InChI=1S/C10H13ClN2O/c11-7-1-2-10(14)8(5-7)9-6-12-3-4-13-9/h1-2,5,9,12-14H,3-4,6H2/t9-/m1/s1. The van der Waals surface area contributed by atoms with E-state index in [4.69, 9.17) is 11.6 Å². The van der Waals surface area contributed by atoms with E-state index in [1.807, 2.05) is 6.07 Å². The number of piperazine rings is 1. The third-order valence-corrected chi connectivity index (χ3v) is 2.64. The Labute approximate surface area is 88.1 Å². The van der Waals surface area contributed by atoms with Gasteiger partial charge in [0.1, 0.15) is 5.75 Å². The molecule has 76 valence electrons. The van der Waals surface area contributed by atoms with E-state index in [0.29, 0.717) is 10.8 Å². The Bertz CT molecular complexity index is 324. The topological polar surface area (TPSA) is 44.3 Å². The second kappa shape index (κ2) is 4.17. The van der Waals surface area contributed by atoms with Gasteiger partial charge in [-0.1, -0.05) is 11.6 Å². The predicted molar refractivity (Wildman–Crippen MR) is 56.7 cm³/mol. The number of phenols is 1. The lowest BCUT2D eigenvalue weighted by molar-refractivity contribution is 0.404. The molecule has 3 nitrogen and oxygen atoms in total. The van der Waals surface area contributed by atoms with Gasteiger partial charge >= 0.3 is 0 Å². The van der Waals surface area contributed by atoms with Crippen LogP contribution in [-0.4, -0.2) is 24.7 Å². The van der Waals surface area contributed by atoms with Crippen LogP contribution in [0.3, 0.4) is 0 Å². The van der Waals surface area contributed by atoms with Crippen LogP contribution in [0.5, 0.6) is 5.75 Å². The molecule has 0 amide bonds. The molecule has 1 aromatic rings. The number of nitrogens with one attached hydrogen (secondary N) is 2. The van der Waals surface area contributed by atoms with Gasteiger partial charge in [-0.2, -0.15) is 0 Å². The summed E-state index contributed by atoms with van der Waals surface area (Å²) in [6.45, 7) is 2.71. The molecule has 1 aliphatic heterocycles. The van der Waals surface area contributed by atoms with Crippen molar-refractivity contribution in [3.8, 4) is 5.75 Å². The highest BCUT2D eigenvalue weighted by Gasteiger charge is 2.17. The summed E-state index contributed by atoms with van der Waals surface area (Å²) in [6, 6.07) is 5.29. The second-order valence-corrected chi connectivity index (χ2v) is 3.85. The molecule has 0 bridgehead atoms. The summed E-state index contributed by atoms with van der Waals surface area (Å²) in [7, 11) is 0. The maximum atomic E-state index is 9.66. The monoisotopic (exact) mass is 212 g/mol. The molecule has 0 unspecified atom stereocenters.